The molecule has 4 nitrogen and oxygen atoms in total. The lowest BCUT2D eigenvalue weighted by atomic mass is 10.3. The number of hydrogen-bond donors (Lipinski definition) is 1. The van der Waals surface area contributed by atoms with E-state index in [1.807, 2.05) is 19.1 Å². The van der Waals surface area contributed by atoms with Crippen LogP contribution in [0, 0.1) is 22.7 Å². The van der Waals surface area contributed by atoms with Crippen molar-refractivity contribution in [3.8, 4) is 12.1 Å². The summed E-state index contributed by atoms with van der Waals surface area (Å²) in [6, 6.07) is 3.75. The Morgan fingerprint density at radius 2 is 2.14 bits per heavy atom. The zero-order valence-corrected chi connectivity index (χ0v) is 8.33. The minimum atomic E-state index is 0.0896. The van der Waals surface area contributed by atoms with Gasteiger partial charge in [-0.05, 0) is 19.9 Å². The Labute approximate surface area is 83.9 Å². The number of nitrogens with one attached hydrogen (secondary N) is 1. The Morgan fingerprint density at radius 1 is 1.50 bits per heavy atom. The van der Waals surface area contributed by atoms with Crippen LogP contribution in [0.15, 0.2) is 29.0 Å². The van der Waals surface area contributed by atoms with Crippen LogP contribution < -0.4 is 5.32 Å². The van der Waals surface area contributed by atoms with E-state index >= 15 is 0 Å². The highest BCUT2D eigenvalue weighted by Gasteiger charge is 2.03. The van der Waals surface area contributed by atoms with Gasteiger partial charge >= 0.3 is 0 Å². The fourth-order valence-corrected chi connectivity index (χ4v) is 0.712. The molecule has 72 valence electrons. The first-order valence-corrected chi connectivity index (χ1v) is 4.15. The van der Waals surface area contributed by atoms with Crippen molar-refractivity contribution in [2.24, 2.45) is 4.99 Å². The summed E-state index contributed by atoms with van der Waals surface area (Å²) in [5.74, 6) is 0. The minimum absolute atomic E-state index is 0.0896. The molecule has 0 heterocycles. The molecule has 0 atom stereocenters. The van der Waals surface area contributed by atoms with Crippen molar-refractivity contribution in [3.63, 3.8) is 0 Å². The largest absolute Gasteiger partial charge is 0.374 e. The van der Waals surface area contributed by atoms with Crippen molar-refractivity contribution in [2.45, 2.75) is 13.8 Å². The van der Waals surface area contributed by atoms with Gasteiger partial charge in [0.2, 0.25) is 0 Å². The second kappa shape index (κ2) is 6.45. The molecule has 0 rings (SSSR count). The van der Waals surface area contributed by atoms with Gasteiger partial charge < -0.3 is 5.32 Å². The van der Waals surface area contributed by atoms with Gasteiger partial charge in [0.15, 0.2) is 11.4 Å². The van der Waals surface area contributed by atoms with Crippen LogP contribution in [0.4, 0.5) is 0 Å². The van der Waals surface area contributed by atoms with Crippen LogP contribution in [0.25, 0.3) is 0 Å². The third kappa shape index (κ3) is 3.55. The molecule has 0 aliphatic rings. The minimum Gasteiger partial charge on any atom is -0.374 e. The molecule has 0 fully saturated rings. The molecule has 0 saturated heterocycles. The first kappa shape index (κ1) is 11.9. The lowest BCUT2D eigenvalue weighted by Gasteiger charge is -2.00. The molecule has 0 amide bonds. The van der Waals surface area contributed by atoms with E-state index in [0.717, 1.165) is 0 Å². The molecule has 0 radical (unpaired) electrons. The van der Waals surface area contributed by atoms with E-state index in [-0.39, 0.29) is 11.4 Å². The second-order valence-electron chi connectivity index (χ2n) is 2.43. The molecule has 4 heteroatoms. The summed E-state index contributed by atoms with van der Waals surface area (Å²) in [7, 11) is 0. The summed E-state index contributed by atoms with van der Waals surface area (Å²) in [6.45, 7) is 7.65. The van der Waals surface area contributed by atoms with Gasteiger partial charge in [0.25, 0.3) is 0 Å². The van der Waals surface area contributed by atoms with Gasteiger partial charge in [0.05, 0.1) is 0 Å². The standard InChI is InChI=1S/C10H12N4/c1-4-8(3)14-10(7-12)9(6-11)13-5-2/h4,13H,1,5H2,2-3H3/b10-9-,14-8+. The Hall–Kier alpha value is -2.07. The quantitative estimate of drug-likeness (QED) is 0.536. The summed E-state index contributed by atoms with van der Waals surface area (Å²) >= 11 is 0. The van der Waals surface area contributed by atoms with E-state index in [0.29, 0.717) is 12.3 Å². The van der Waals surface area contributed by atoms with Gasteiger partial charge in [-0.1, -0.05) is 6.58 Å². The van der Waals surface area contributed by atoms with Crippen LogP contribution in [0.1, 0.15) is 13.8 Å². The summed E-state index contributed by atoms with van der Waals surface area (Å²) in [5.41, 5.74) is 0.884. The number of rotatable bonds is 4. The van der Waals surface area contributed by atoms with E-state index in [1.165, 1.54) is 6.08 Å². The predicted octanol–water partition coefficient (Wildman–Crippen LogP) is 1.50. The Kier molecular flexibility index (Phi) is 5.49. The van der Waals surface area contributed by atoms with Crippen molar-refractivity contribution in [1.82, 2.24) is 5.32 Å². The first-order chi connectivity index (χ1) is 6.69. The molecule has 0 saturated carbocycles. The van der Waals surface area contributed by atoms with Crippen molar-refractivity contribution >= 4 is 5.71 Å². The molecular formula is C10H12N4. The Balaban J connectivity index is 5.14. The van der Waals surface area contributed by atoms with Crippen molar-refractivity contribution < 1.29 is 0 Å². The smallest absolute Gasteiger partial charge is 0.174 e. The van der Waals surface area contributed by atoms with Crippen LogP contribution in [0.3, 0.4) is 0 Å². The van der Waals surface area contributed by atoms with Crippen LogP contribution >= 0.6 is 0 Å². The molecule has 0 aromatic heterocycles. The number of nitrogens with zero attached hydrogens (tertiary/aromatic N) is 3. The van der Waals surface area contributed by atoms with E-state index < -0.39 is 0 Å². The predicted molar refractivity (Wildman–Crippen MR) is 55.2 cm³/mol. The summed E-state index contributed by atoms with van der Waals surface area (Å²) in [4.78, 5) is 3.94. The summed E-state index contributed by atoms with van der Waals surface area (Å²) < 4.78 is 0. The van der Waals surface area contributed by atoms with Crippen LogP contribution in [0.5, 0.6) is 0 Å². The fourth-order valence-electron chi connectivity index (χ4n) is 0.712. The normalized spacial score (nSPS) is 12.1. The van der Waals surface area contributed by atoms with Crippen molar-refractivity contribution in [3.05, 3.63) is 24.0 Å². The lowest BCUT2D eigenvalue weighted by Crippen LogP contribution is -2.12. The van der Waals surface area contributed by atoms with E-state index in [1.54, 1.807) is 6.92 Å². The van der Waals surface area contributed by atoms with Crippen molar-refractivity contribution in [2.75, 3.05) is 6.54 Å². The topological polar surface area (TPSA) is 72.0 Å². The van der Waals surface area contributed by atoms with E-state index in [4.69, 9.17) is 10.5 Å². The number of nitriles is 2. The molecule has 0 bridgehead atoms. The SMILES string of the molecule is C=C/C(C)=N/C(C#N)=C(/C#N)NCC. The maximum atomic E-state index is 8.76. The molecule has 0 aliphatic heterocycles. The molecule has 0 aromatic carbocycles. The number of aliphatic imine (C=N–C) groups is 1. The van der Waals surface area contributed by atoms with Gasteiger partial charge in [-0.2, -0.15) is 10.5 Å². The lowest BCUT2D eigenvalue weighted by molar-refractivity contribution is 0.871. The Bertz CT molecular complexity index is 349. The number of hydrogen-bond acceptors (Lipinski definition) is 4. The van der Waals surface area contributed by atoms with Gasteiger partial charge in [0, 0.05) is 12.3 Å². The maximum Gasteiger partial charge on any atom is 0.174 e. The monoisotopic (exact) mass is 188 g/mol. The first-order valence-electron chi connectivity index (χ1n) is 4.15. The van der Waals surface area contributed by atoms with Gasteiger partial charge in [0.1, 0.15) is 12.1 Å². The van der Waals surface area contributed by atoms with Crippen LogP contribution in [-0.2, 0) is 0 Å². The maximum absolute atomic E-state index is 8.76. The Morgan fingerprint density at radius 3 is 2.50 bits per heavy atom. The van der Waals surface area contributed by atoms with E-state index in [2.05, 4.69) is 16.9 Å². The molecule has 0 unspecified atom stereocenters. The zero-order valence-electron chi connectivity index (χ0n) is 8.33. The zero-order chi connectivity index (χ0) is 11.0. The fraction of sp³-hybridized carbons (Fsp3) is 0.300. The second-order valence-corrected chi connectivity index (χ2v) is 2.43. The highest BCUT2D eigenvalue weighted by molar-refractivity contribution is 5.93. The molecular weight excluding hydrogens is 176 g/mol. The van der Waals surface area contributed by atoms with Crippen LogP contribution in [-0.4, -0.2) is 12.3 Å². The highest BCUT2D eigenvalue weighted by atomic mass is 14.9. The highest BCUT2D eigenvalue weighted by Crippen LogP contribution is 2.02. The number of allylic oxidation sites excluding steroid dienone is 3. The molecule has 0 aromatic rings. The molecule has 14 heavy (non-hydrogen) atoms. The van der Waals surface area contributed by atoms with E-state index in [9.17, 15) is 0 Å². The van der Waals surface area contributed by atoms with Gasteiger partial charge in [-0.3, -0.25) is 0 Å². The molecule has 1 N–H and O–H groups in total. The third-order valence-corrected chi connectivity index (χ3v) is 1.39. The van der Waals surface area contributed by atoms with Crippen LogP contribution in [0.2, 0.25) is 0 Å². The third-order valence-electron chi connectivity index (χ3n) is 1.39. The van der Waals surface area contributed by atoms with Gasteiger partial charge in [-0.25, -0.2) is 4.99 Å². The average Bonchev–Trinajstić information content (AvgIpc) is 2.22. The summed E-state index contributed by atoms with van der Waals surface area (Å²) in [5, 5.41) is 20.3. The van der Waals surface area contributed by atoms with Gasteiger partial charge in [-0.15, -0.1) is 0 Å². The summed E-state index contributed by atoms with van der Waals surface area (Å²) in [6.07, 6.45) is 1.53. The van der Waals surface area contributed by atoms with Crippen molar-refractivity contribution in [1.29, 1.82) is 10.5 Å². The molecule has 0 aliphatic carbocycles. The average molecular weight is 188 g/mol. The molecule has 0 spiro atoms.